The molecule has 1 aromatic heterocycles. The minimum atomic E-state index is 0.426. The van der Waals surface area contributed by atoms with E-state index in [0.29, 0.717) is 10.6 Å². The Labute approximate surface area is 127 Å². The Morgan fingerprint density at radius 1 is 1.10 bits per heavy atom. The van der Waals surface area contributed by atoms with E-state index >= 15 is 0 Å². The van der Waals surface area contributed by atoms with Gasteiger partial charge < -0.3 is 4.52 Å². The first-order valence-electron chi connectivity index (χ1n) is 6.42. The third-order valence-corrected chi connectivity index (χ3v) is 3.60. The zero-order valence-corrected chi connectivity index (χ0v) is 12.1. The number of aryl methyl sites for hydroxylation is 1. The van der Waals surface area contributed by atoms with Gasteiger partial charge in [-0.05, 0) is 24.6 Å². The van der Waals surface area contributed by atoms with Crippen LogP contribution < -0.4 is 0 Å². The molecule has 0 aliphatic heterocycles. The number of hydrogen-bond donors (Lipinski definition) is 0. The van der Waals surface area contributed by atoms with E-state index in [9.17, 15) is 0 Å². The summed E-state index contributed by atoms with van der Waals surface area (Å²) in [6.45, 7) is 1.86. The Bertz CT molecular complexity index is 832. The molecule has 0 N–H and O–H groups in total. The SMILES string of the molecule is Cc1onc(-c2ccccc2)c1-c1ccc(C#N)c(Cl)c1. The first kappa shape index (κ1) is 13.4. The molecule has 0 saturated heterocycles. The van der Waals surface area contributed by atoms with Crippen molar-refractivity contribution < 1.29 is 4.52 Å². The molecule has 1 heterocycles. The van der Waals surface area contributed by atoms with Gasteiger partial charge >= 0.3 is 0 Å². The summed E-state index contributed by atoms with van der Waals surface area (Å²) in [4.78, 5) is 0. The van der Waals surface area contributed by atoms with Crippen LogP contribution >= 0.6 is 11.6 Å². The van der Waals surface area contributed by atoms with E-state index in [1.54, 1.807) is 12.1 Å². The van der Waals surface area contributed by atoms with Gasteiger partial charge in [0.15, 0.2) is 0 Å². The maximum Gasteiger partial charge on any atom is 0.142 e. The van der Waals surface area contributed by atoms with Crippen molar-refractivity contribution in [1.82, 2.24) is 5.16 Å². The molecular formula is C17H11ClN2O. The second-order valence-corrected chi connectivity index (χ2v) is 5.04. The van der Waals surface area contributed by atoms with Crippen LogP contribution in [0.1, 0.15) is 11.3 Å². The number of benzene rings is 2. The second-order valence-electron chi connectivity index (χ2n) is 4.63. The first-order valence-corrected chi connectivity index (χ1v) is 6.80. The maximum atomic E-state index is 8.96. The summed E-state index contributed by atoms with van der Waals surface area (Å²) >= 11 is 6.12. The van der Waals surface area contributed by atoms with E-state index in [4.69, 9.17) is 21.4 Å². The van der Waals surface area contributed by atoms with Gasteiger partial charge in [-0.3, -0.25) is 0 Å². The molecule has 102 valence electrons. The van der Waals surface area contributed by atoms with Crippen LogP contribution in [0.2, 0.25) is 5.02 Å². The highest BCUT2D eigenvalue weighted by molar-refractivity contribution is 6.32. The molecule has 0 bridgehead atoms. The van der Waals surface area contributed by atoms with Crippen molar-refractivity contribution in [2.75, 3.05) is 0 Å². The van der Waals surface area contributed by atoms with Gasteiger partial charge in [0.25, 0.3) is 0 Å². The van der Waals surface area contributed by atoms with Crippen LogP contribution in [-0.4, -0.2) is 5.16 Å². The van der Waals surface area contributed by atoms with Crippen molar-refractivity contribution >= 4 is 11.6 Å². The molecule has 0 unspecified atom stereocenters. The normalized spacial score (nSPS) is 10.3. The summed E-state index contributed by atoms with van der Waals surface area (Å²) < 4.78 is 5.34. The van der Waals surface area contributed by atoms with E-state index in [1.807, 2.05) is 43.3 Å². The number of hydrogen-bond acceptors (Lipinski definition) is 3. The Hall–Kier alpha value is -2.57. The highest BCUT2D eigenvalue weighted by Gasteiger charge is 2.17. The van der Waals surface area contributed by atoms with Gasteiger partial charge in [-0.15, -0.1) is 0 Å². The van der Waals surface area contributed by atoms with Crippen molar-refractivity contribution in [1.29, 1.82) is 5.26 Å². The van der Waals surface area contributed by atoms with E-state index in [0.717, 1.165) is 28.1 Å². The van der Waals surface area contributed by atoms with Crippen LogP contribution in [0.5, 0.6) is 0 Å². The van der Waals surface area contributed by atoms with Crippen molar-refractivity contribution in [3.05, 3.63) is 64.9 Å². The molecule has 21 heavy (non-hydrogen) atoms. The van der Waals surface area contributed by atoms with E-state index in [2.05, 4.69) is 11.2 Å². The average molecular weight is 295 g/mol. The molecule has 2 aromatic carbocycles. The number of aromatic nitrogens is 1. The minimum absolute atomic E-state index is 0.426. The Morgan fingerprint density at radius 3 is 2.52 bits per heavy atom. The predicted octanol–water partition coefficient (Wildman–Crippen LogP) is 4.84. The molecule has 0 spiro atoms. The molecular weight excluding hydrogens is 284 g/mol. The van der Waals surface area contributed by atoms with Crippen molar-refractivity contribution in [2.24, 2.45) is 0 Å². The summed E-state index contributed by atoms with van der Waals surface area (Å²) in [6, 6.07) is 17.2. The lowest BCUT2D eigenvalue weighted by molar-refractivity contribution is 0.400. The number of nitrogens with zero attached hydrogens (tertiary/aromatic N) is 2. The summed E-state index contributed by atoms with van der Waals surface area (Å²) in [6.07, 6.45) is 0. The summed E-state index contributed by atoms with van der Waals surface area (Å²) in [7, 11) is 0. The van der Waals surface area contributed by atoms with Gasteiger partial charge in [0.2, 0.25) is 0 Å². The van der Waals surface area contributed by atoms with Crippen molar-refractivity contribution in [3.63, 3.8) is 0 Å². The largest absolute Gasteiger partial charge is 0.360 e. The third kappa shape index (κ3) is 2.42. The standard InChI is InChI=1S/C17H11ClN2O/c1-11-16(13-7-8-14(10-19)15(18)9-13)17(20-21-11)12-5-3-2-4-6-12/h2-9H,1H3. The predicted molar refractivity (Wildman–Crippen MR) is 81.8 cm³/mol. The van der Waals surface area contributed by atoms with Gasteiger partial charge in [-0.1, -0.05) is 53.2 Å². The number of rotatable bonds is 2. The van der Waals surface area contributed by atoms with Crippen molar-refractivity contribution in [2.45, 2.75) is 6.92 Å². The van der Waals surface area contributed by atoms with E-state index in [1.165, 1.54) is 0 Å². The van der Waals surface area contributed by atoms with E-state index < -0.39 is 0 Å². The lowest BCUT2D eigenvalue weighted by atomic mass is 9.98. The number of halogens is 1. The fraction of sp³-hybridized carbons (Fsp3) is 0.0588. The second kappa shape index (κ2) is 5.43. The summed E-state index contributed by atoms with van der Waals surface area (Å²) in [5.74, 6) is 0.717. The molecule has 3 aromatic rings. The molecule has 3 nitrogen and oxygen atoms in total. The molecule has 0 fully saturated rings. The van der Waals surface area contributed by atoms with Gasteiger partial charge in [0.1, 0.15) is 17.5 Å². The molecule has 0 radical (unpaired) electrons. The summed E-state index contributed by atoms with van der Waals surface area (Å²) in [5.41, 5.74) is 3.98. The molecule has 0 saturated carbocycles. The molecule has 3 rings (SSSR count). The lowest BCUT2D eigenvalue weighted by Crippen LogP contribution is -1.86. The zero-order valence-electron chi connectivity index (χ0n) is 11.3. The molecule has 0 aliphatic rings. The topological polar surface area (TPSA) is 49.8 Å². The van der Waals surface area contributed by atoms with Crippen LogP contribution in [0.25, 0.3) is 22.4 Å². The van der Waals surface area contributed by atoms with Crippen LogP contribution in [0.15, 0.2) is 53.1 Å². The highest BCUT2D eigenvalue weighted by atomic mass is 35.5. The van der Waals surface area contributed by atoms with E-state index in [-0.39, 0.29) is 0 Å². The van der Waals surface area contributed by atoms with Gasteiger partial charge in [-0.2, -0.15) is 5.26 Å². The fourth-order valence-electron chi connectivity index (χ4n) is 2.27. The zero-order chi connectivity index (χ0) is 14.8. The molecule has 0 aliphatic carbocycles. The van der Waals surface area contributed by atoms with Crippen molar-refractivity contribution in [3.8, 4) is 28.5 Å². The van der Waals surface area contributed by atoms with Gasteiger partial charge in [0, 0.05) is 5.56 Å². The van der Waals surface area contributed by atoms with Crippen LogP contribution in [0.3, 0.4) is 0 Å². The molecule has 0 atom stereocenters. The Morgan fingerprint density at radius 2 is 1.86 bits per heavy atom. The highest BCUT2D eigenvalue weighted by Crippen LogP contribution is 2.35. The fourth-order valence-corrected chi connectivity index (χ4v) is 2.49. The average Bonchev–Trinajstić information content (AvgIpc) is 2.90. The first-order chi connectivity index (χ1) is 10.2. The van der Waals surface area contributed by atoms with Crippen LogP contribution in [0, 0.1) is 18.3 Å². The minimum Gasteiger partial charge on any atom is -0.360 e. The van der Waals surface area contributed by atoms with Gasteiger partial charge in [-0.25, -0.2) is 0 Å². The smallest absolute Gasteiger partial charge is 0.142 e. The maximum absolute atomic E-state index is 8.96. The third-order valence-electron chi connectivity index (χ3n) is 3.29. The Balaban J connectivity index is 2.18. The number of nitriles is 1. The molecule has 4 heteroatoms. The molecule has 0 amide bonds. The van der Waals surface area contributed by atoms with Crippen LogP contribution in [-0.2, 0) is 0 Å². The lowest BCUT2D eigenvalue weighted by Gasteiger charge is -2.04. The van der Waals surface area contributed by atoms with Crippen LogP contribution in [0.4, 0.5) is 0 Å². The monoisotopic (exact) mass is 294 g/mol. The summed E-state index contributed by atoms with van der Waals surface area (Å²) in [5, 5.41) is 13.5. The Kier molecular flexibility index (Phi) is 3.47. The van der Waals surface area contributed by atoms with Gasteiger partial charge in [0.05, 0.1) is 16.1 Å². The quantitative estimate of drug-likeness (QED) is 0.679.